The number of rotatable bonds is 3. The predicted molar refractivity (Wildman–Crippen MR) is 86.8 cm³/mol. The molecule has 1 aliphatic rings. The van der Waals surface area contributed by atoms with E-state index < -0.39 is 5.97 Å². The third-order valence-corrected chi connectivity index (χ3v) is 3.94. The zero-order valence-corrected chi connectivity index (χ0v) is 13.0. The summed E-state index contributed by atoms with van der Waals surface area (Å²) in [6.07, 6.45) is 4.04. The van der Waals surface area contributed by atoms with E-state index >= 15 is 0 Å². The van der Waals surface area contributed by atoms with Crippen LogP contribution in [0.15, 0.2) is 24.3 Å². The Bertz CT molecular complexity index is 540. The highest BCUT2D eigenvalue weighted by Crippen LogP contribution is 2.27. The first-order valence-corrected chi connectivity index (χ1v) is 7.44. The summed E-state index contributed by atoms with van der Waals surface area (Å²) < 4.78 is 0. The highest BCUT2D eigenvalue weighted by molar-refractivity contribution is 5.87. The summed E-state index contributed by atoms with van der Waals surface area (Å²) in [6.45, 7) is 7.39. The molecule has 21 heavy (non-hydrogen) atoms. The van der Waals surface area contributed by atoms with Gasteiger partial charge in [-0.1, -0.05) is 11.6 Å². The number of aliphatic carboxylic acids is 1. The van der Waals surface area contributed by atoms with Crippen LogP contribution in [0.5, 0.6) is 0 Å². The Morgan fingerprint density at radius 1 is 1.38 bits per heavy atom. The van der Waals surface area contributed by atoms with Gasteiger partial charge in [-0.15, -0.1) is 0 Å². The van der Waals surface area contributed by atoms with Crippen molar-refractivity contribution in [3.8, 4) is 0 Å². The number of hydrogen-bond donors (Lipinski definition) is 1. The molecule has 4 nitrogen and oxygen atoms in total. The lowest BCUT2D eigenvalue weighted by atomic mass is 10.1. The van der Waals surface area contributed by atoms with Crippen molar-refractivity contribution >= 4 is 17.7 Å². The van der Waals surface area contributed by atoms with Gasteiger partial charge in [-0.2, -0.15) is 0 Å². The zero-order chi connectivity index (χ0) is 15.4. The molecule has 0 amide bonds. The fourth-order valence-corrected chi connectivity index (χ4v) is 2.96. The monoisotopic (exact) mass is 288 g/mol. The van der Waals surface area contributed by atoms with Crippen molar-refractivity contribution in [2.24, 2.45) is 0 Å². The number of anilines is 1. The molecular weight excluding hydrogens is 264 g/mol. The standard InChI is InChI=1S/C17H24N2O2/c1-13-5-7-16(15(11-13)6-8-17(20)21)19-10-4-9-18(3)12-14(19)2/h5-8,11,14H,4,9-10,12H2,1-3H3,(H,20,21)/b8-6+. The maximum absolute atomic E-state index is 10.8. The van der Waals surface area contributed by atoms with Gasteiger partial charge in [-0.3, -0.25) is 0 Å². The molecule has 1 aromatic rings. The molecule has 1 fully saturated rings. The molecule has 0 radical (unpaired) electrons. The number of benzene rings is 1. The molecule has 1 N–H and O–H groups in total. The summed E-state index contributed by atoms with van der Waals surface area (Å²) >= 11 is 0. The average molecular weight is 288 g/mol. The van der Waals surface area contributed by atoms with Crippen LogP contribution in [0.3, 0.4) is 0 Å². The van der Waals surface area contributed by atoms with Crippen LogP contribution in [0.4, 0.5) is 5.69 Å². The maximum atomic E-state index is 10.8. The molecule has 1 heterocycles. The summed E-state index contributed by atoms with van der Waals surface area (Å²) in [6, 6.07) is 6.67. The zero-order valence-electron chi connectivity index (χ0n) is 13.0. The third-order valence-electron chi connectivity index (χ3n) is 3.94. The second-order valence-electron chi connectivity index (χ2n) is 5.89. The van der Waals surface area contributed by atoms with Crippen molar-refractivity contribution in [1.29, 1.82) is 0 Å². The van der Waals surface area contributed by atoms with Gasteiger partial charge in [-0.05, 0) is 57.6 Å². The van der Waals surface area contributed by atoms with E-state index in [1.54, 1.807) is 6.08 Å². The maximum Gasteiger partial charge on any atom is 0.328 e. The Morgan fingerprint density at radius 3 is 2.86 bits per heavy atom. The quantitative estimate of drug-likeness (QED) is 0.868. The van der Waals surface area contributed by atoms with Gasteiger partial charge in [0.15, 0.2) is 0 Å². The van der Waals surface area contributed by atoms with Gasteiger partial charge >= 0.3 is 5.97 Å². The lowest BCUT2D eigenvalue weighted by molar-refractivity contribution is -0.131. The number of hydrogen-bond acceptors (Lipinski definition) is 3. The van der Waals surface area contributed by atoms with Gasteiger partial charge in [0.2, 0.25) is 0 Å². The minimum Gasteiger partial charge on any atom is -0.478 e. The van der Waals surface area contributed by atoms with Crippen LogP contribution in [0.1, 0.15) is 24.5 Å². The molecule has 0 aromatic heterocycles. The van der Waals surface area contributed by atoms with Crippen molar-refractivity contribution in [2.45, 2.75) is 26.3 Å². The molecule has 4 heteroatoms. The lowest BCUT2D eigenvalue weighted by Gasteiger charge is -2.31. The van der Waals surface area contributed by atoms with Crippen LogP contribution in [-0.4, -0.2) is 48.7 Å². The molecule has 0 aliphatic carbocycles. The Kier molecular flexibility index (Phi) is 5.02. The van der Waals surface area contributed by atoms with Gasteiger partial charge in [0.1, 0.15) is 0 Å². The van der Waals surface area contributed by atoms with Gasteiger partial charge in [0, 0.05) is 30.9 Å². The molecule has 0 bridgehead atoms. The molecule has 1 saturated heterocycles. The fourth-order valence-electron chi connectivity index (χ4n) is 2.96. The summed E-state index contributed by atoms with van der Waals surface area (Å²) in [7, 11) is 2.15. The van der Waals surface area contributed by atoms with E-state index in [-0.39, 0.29) is 0 Å². The minimum atomic E-state index is -0.911. The molecule has 1 aromatic carbocycles. The first-order chi connectivity index (χ1) is 9.97. The second-order valence-corrected chi connectivity index (χ2v) is 5.89. The molecule has 0 spiro atoms. The van der Waals surface area contributed by atoms with Crippen LogP contribution in [0.25, 0.3) is 6.08 Å². The lowest BCUT2D eigenvalue weighted by Crippen LogP contribution is -2.38. The van der Waals surface area contributed by atoms with E-state index in [0.717, 1.165) is 42.9 Å². The topological polar surface area (TPSA) is 43.8 Å². The summed E-state index contributed by atoms with van der Waals surface area (Å²) in [4.78, 5) is 15.5. The van der Waals surface area contributed by atoms with Gasteiger partial charge in [-0.25, -0.2) is 4.79 Å². The van der Waals surface area contributed by atoms with Crippen molar-refractivity contribution in [1.82, 2.24) is 4.90 Å². The molecule has 1 aliphatic heterocycles. The van der Waals surface area contributed by atoms with Crippen molar-refractivity contribution in [3.63, 3.8) is 0 Å². The van der Waals surface area contributed by atoms with E-state index in [1.165, 1.54) is 6.08 Å². The molecule has 114 valence electrons. The molecule has 1 atom stereocenters. The first-order valence-electron chi connectivity index (χ1n) is 7.44. The molecule has 1 unspecified atom stereocenters. The number of carboxylic acid groups (broad SMARTS) is 1. The summed E-state index contributed by atoms with van der Waals surface area (Å²) in [5.41, 5.74) is 3.25. The van der Waals surface area contributed by atoms with E-state index in [0.29, 0.717) is 6.04 Å². The number of carbonyl (C=O) groups is 1. The first kappa shape index (κ1) is 15.6. The van der Waals surface area contributed by atoms with Gasteiger partial charge in [0.25, 0.3) is 0 Å². The minimum absolute atomic E-state index is 0.414. The largest absolute Gasteiger partial charge is 0.478 e. The Hall–Kier alpha value is -1.81. The van der Waals surface area contributed by atoms with Crippen LogP contribution < -0.4 is 4.90 Å². The number of carboxylic acids is 1. The van der Waals surface area contributed by atoms with E-state index in [9.17, 15) is 4.79 Å². The summed E-state index contributed by atoms with van der Waals surface area (Å²) in [5.74, 6) is -0.911. The Morgan fingerprint density at radius 2 is 2.14 bits per heavy atom. The van der Waals surface area contributed by atoms with E-state index in [1.807, 2.05) is 6.92 Å². The number of nitrogens with zero attached hydrogens (tertiary/aromatic N) is 2. The van der Waals surface area contributed by atoms with Crippen LogP contribution in [0.2, 0.25) is 0 Å². The van der Waals surface area contributed by atoms with E-state index in [4.69, 9.17) is 5.11 Å². The second kappa shape index (κ2) is 6.76. The van der Waals surface area contributed by atoms with Crippen molar-refractivity contribution in [2.75, 3.05) is 31.6 Å². The van der Waals surface area contributed by atoms with Gasteiger partial charge < -0.3 is 14.9 Å². The number of likely N-dealkylation sites (N-methyl/N-ethyl adjacent to an activating group) is 1. The smallest absolute Gasteiger partial charge is 0.328 e. The Labute approximate surface area is 126 Å². The normalized spacial score (nSPS) is 20.7. The molecular formula is C17H24N2O2. The fraction of sp³-hybridized carbons (Fsp3) is 0.471. The van der Waals surface area contributed by atoms with Gasteiger partial charge in [0.05, 0.1) is 0 Å². The van der Waals surface area contributed by atoms with Crippen LogP contribution in [-0.2, 0) is 4.79 Å². The van der Waals surface area contributed by atoms with E-state index in [2.05, 4.69) is 42.0 Å². The van der Waals surface area contributed by atoms with Crippen LogP contribution >= 0.6 is 0 Å². The summed E-state index contributed by atoms with van der Waals surface area (Å²) in [5, 5.41) is 8.87. The highest BCUT2D eigenvalue weighted by Gasteiger charge is 2.21. The molecule has 2 rings (SSSR count). The predicted octanol–water partition coefficient (Wildman–Crippen LogP) is 2.62. The SMILES string of the molecule is Cc1ccc(N2CCCN(C)CC2C)c(/C=C/C(=O)O)c1. The average Bonchev–Trinajstić information content (AvgIpc) is 2.57. The van der Waals surface area contributed by atoms with Crippen molar-refractivity contribution < 1.29 is 9.90 Å². The Balaban J connectivity index is 2.35. The van der Waals surface area contributed by atoms with Crippen LogP contribution in [0, 0.1) is 6.92 Å². The molecule has 0 saturated carbocycles. The highest BCUT2D eigenvalue weighted by atomic mass is 16.4. The number of aryl methyl sites for hydroxylation is 1. The van der Waals surface area contributed by atoms with Crippen molar-refractivity contribution in [3.05, 3.63) is 35.4 Å². The third kappa shape index (κ3) is 4.08.